The maximum absolute atomic E-state index is 12.1. The van der Waals surface area contributed by atoms with Crippen molar-refractivity contribution in [3.05, 3.63) is 48.2 Å². The molecule has 1 unspecified atom stereocenters. The number of carbonyl (C=O) groups is 1. The van der Waals surface area contributed by atoms with Gasteiger partial charge in [0.1, 0.15) is 6.10 Å². The molecule has 0 aliphatic rings. The van der Waals surface area contributed by atoms with Gasteiger partial charge in [-0.15, -0.1) is 6.58 Å². The molecule has 4 heteroatoms. The van der Waals surface area contributed by atoms with E-state index >= 15 is 0 Å². The van der Waals surface area contributed by atoms with Crippen LogP contribution in [0.5, 0.6) is 0 Å². The van der Waals surface area contributed by atoms with Crippen molar-refractivity contribution in [2.24, 2.45) is 7.05 Å². The van der Waals surface area contributed by atoms with Crippen LogP contribution in [-0.4, -0.2) is 22.2 Å². The average Bonchev–Trinajstić information content (AvgIpc) is 2.72. The van der Waals surface area contributed by atoms with Crippen LogP contribution in [0.3, 0.4) is 0 Å². The third-order valence-electron chi connectivity index (χ3n) is 3.14. The van der Waals surface area contributed by atoms with Crippen molar-refractivity contribution in [1.82, 2.24) is 4.57 Å². The lowest BCUT2D eigenvalue weighted by molar-refractivity contribution is 0.0523. The minimum absolute atomic E-state index is 0.297. The van der Waals surface area contributed by atoms with Crippen LogP contribution in [0.2, 0.25) is 0 Å². The number of aromatic nitrogens is 1. The Morgan fingerprint density at radius 1 is 1.53 bits per heavy atom. The van der Waals surface area contributed by atoms with Gasteiger partial charge in [0.25, 0.3) is 0 Å². The number of fused-ring (bicyclic) bond motifs is 1. The monoisotopic (exact) mass is 259 g/mol. The van der Waals surface area contributed by atoms with Gasteiger partial charge >= 0.3 is 5.97 Å². The van der Waals surface area contributed by atoms with Crippen molar-refractivity contribution in [2.75, 3.05) is 6.61 Å². The first-order valence-electron chi connectivity index (χ1n) is 6.16. The number of aliphatic hydroxyl groups excluding tert-OH is 1. The molecule has 4 nitrogen and oxygen atoms in total. The smallest absolute Gasteiger partial charge is 0.340 e. The fraction of sp³-hybridized carbons (Fsp3) is 0.267. The number of aliphatic hydroxyl groups is 1. The first kappa shape index (κ1) is 13.4. The Hall–Kier alpha value is -2.07. The molecule has 0 amide bonds. The second kappa shape index (κ2) is 5.28. The Morgan fingerprint density at radius 2 is 2.21 bits per heavy atom. The van der Waals surface area contributed by atoms with Crippen molar-refractivity contribution in [3.8, 4) is 0 Å². The van der Waals surface area contributed by atoms with E-state index in [9.17, 15) is 9.90 Å². The molecule has 2 rings (SSSR count). The summed E-state index contributed by atoms with van der Waals surface area (Å²) in [6, 6.07) is 7.49. The maximum Gasteiger partial charge on any atom is 0.340 e. The van der Waals surface area contributed by atoms with Gasteiger partial charge in [0, 0.05) is 18.0 Å². The number of esters is 1. The molecule has 19 heavy (non-hydrogen) atoms. The number of rotatable bonds is 4. The Labute approximate surface area is 111 Å². The van der Waals surface area contributed by atoms with E-state index in [4.69, 9.17) is 4.74 Å². The largest absolute Gasteiger partial charge is 0.462 e. The molecule has 0 radical (unpaired) electrons. The number of hydrogen-bond acceptors (Lipinski definition) is 3. The molecule has 1 aromatic carbocycles. The molecule has 0 aliphatic heterocycles. The van der Waals surface area contributed by atoms with E-state index in [2.05, 4.69) is 6.58 Å². The quantitative estimate of drug-likeness (QED) is 0.678. The minimum Gasteiger partial charge on any atom is -0.462 e. The van der Waals surface area contributed by atoms with E-state index in [1.807, 2.05) is 31.3 Å². The summed E-state index contributed by atoms with van der Waals surface area (Å²) in [6.45, 7) is 5.63. The minimum atomic E-state index is -0.906. The lowest BCUT2D eigenvalue weighted by Gasteiger charge is -2.10. The molecule has 1 heterocycles. The summed E-state index contributed by atoms with van der Waals surface area (Å²) >= 11 is 0. The molecule has 0 bridgehead atoms. The predicted octanol–water partition coefficient (Wildman–Crippen LogP) is 2.57. The molecular weight excluding hydrogens is 242 g/mol. The summed E-state index contributed by atoms with van der Waals surface area (Å²) in [7, 11) is 1.81. The topological polar surface area (TPSA) is 51.5 Å². The van der Waals surface area contributed by atoms with Crippen LogP contribution in [0.4, 0.5) is 0 Å². The number of carbonyl (C=O) groups excluding carboxylic acids is 1. The van der Waals surface area contributed by atoms with Crippen LogP contribution in [0.1, 0.15) is 29.1 Å². The molecule has 0 fully saturated rings. The summed E-state index contributed by atoms with van der Waals surface area (Å²) < 4.78 is 6.89. The highest BCUT2D eigenvalue weighted by Gasteiger charge is 2.25. The van der Waals surface area contributed by atoms with E-state index < -0.39 is 12.1 Å². The highest BCUT2D eigenvalue weighted by atomic mass is 16.5. The van der Waals surface area contributed by atoms with Crippen LogP contribution in [-0.2, 0) is 11.8 Å². The Bertz CT molecular complexity index is 628. The first-order chi connectivity index (χ1) is 9.11. The zero-order chi connectivity index (χ0) is 14.0. The van der Waals surface area contributed by atoms with E-state index in [0.717, 1.165) is 10.9 Å². The fourth-order valence-corrected chi connectivity index (χ4v) is 2.29. The predicted molar refractivity (Wildman–Crippen MR) is 74.0 cm³/mol. The molecule has 0 saturated carbocycles. The SMILES string of the molecule is C=CC(O)c1c(C(=O)OCC)c2ccccc2n1C. The first-order valence-corrected chi connectivity index (χ1v) is 6.16. The van der Waals surface area contributed by atoms with E-state index in [-0.39, 0.29) is 0 Å². The summed E-state index contributed by atoms with van der Waals surface area (Å²) in [4.78, 5) is 12.1. The van der Waals surface area contributed by atoms with Gasteiger partial charge in [0.15, 0.2) is 0 Å². The van der Waals surface area contributed by atoms with Gasteiger partial charge in [0.05, 0.1) is 17.9 Å². The molecule has 1 aromatic heterocycles. The van der Waals surface area contributed by atoms with Gasteiger partial charge in [0.2, 0.25) is 0 Å². The molecule has 2 aromatic rings. The van der Waals surface area contributed by atoms with Crippen LogP contribution in [0.25, 0.3) is 10.9 Å². The van der Waals surface area contributed by atoms with Gasteiger partial charge in [-0.25, -0.2) is 4.79 Å². The third kappa shape index (κ3) is 2.15. The van der Waals surface area contributed by atoms with Crippen molar-refractivity contribution >= 4 is 16.9 Å². The van der Waals surface area contributed by atoms with Crippen LogP contribution >= 0.6 is 0 Å². The number of aryl methyl sites for hydroxylation is 1. The summed E-state index contributed by atoms with van der Waals surface area (Å²) in [5.74, 6) is -0.421. The van der Waals surface area contributed by atoms with Gasteiger partial charge in [-0.05, 0) is 13.0 Å². The maximum atomic E-state index is 12.1. The highest BCUT2D eigenvalue weighted by Crippen LogP contribution is 2.30. The van der Waals surface area contributed by atoms with Gasteiger partial charge < -0.3 is 14.4 Å². The Balaban J connectivity index is 2.76. The van der Waals surface area contributed by atoms with Gasteiger partial charge in [-0.2, -0.15) is 0 Å². The van der Waals surface area contributed by atoms with Crippen LogP contribution in [0, 0.1) is 0 Å². The van der Waals surface area contributed by atoms with Crippen molar-refractivity contribution in [3.63, 3.8) is 0 Å². The Morgan fingerprint density at radius 3 is 2.84 bits per heavy atom. The average molecular weight is 259 g/mol. The molecule has 1 N–H and O–H groups in total. The van der Waals surface area contributed by atoms with Crippen LogP contribution in [0.15, 0.2) is 36.9 Å². The number of nitrogens with zero attached hydrogens (tertiary/aromatic N) is 1. The molecular formula is C15H17NO3. The van der Waals surface area contributed by atoms with Crippen LogP contribution < -0.4 is 0 Å². The van der Waals surface area contributed by atoms with Crippen molar-refractivity contribution in [1.29, 1.82) is 0 Å². The van der Waals surface area contributed by atoms with Gasteiger partial charge in [-0.1, -0.05) is 24.3 Å². The highest BCUT2D eigenvalue weighted by molar-refractivity contribution is 6.06. The molecule has 1 atom stereocenters. The molecule has 0 saturated heterocycles. The van der Waals surface area contributed by atoms with E-state index in [1.165, 1.54) is 6.08 Å². The zero-order valence-electron chi connectivity index (χ0n) is 11.1. The number of benzene rings is 1. The van der Waals surface area contributed by atoms with Crippen molar-refractivity contribution in [2.45, 2.75) is 13.0 Å². The summed E-state index contributed by atoms with van der Waals surface area (Å²) in [5, 5.41) is 10.8. The lowest BCUT2D eigenvalue weighted by Crippen LogP contribution is -2.11. The molecule has 100 valence electrons. The number of hydrogen-bond donors (Lipinski definition) is 1. The second-order valence-corrected chi connectivity index (χ2v) is 4.24. The third-order valence-corrected chi connectivity index (χ3v) is 3.14. The van der Waals surface area contributed by atoms with Crippen molar-refractivity contribution < 1.29 is 14.6 Å². The Kier molecular flexibility index (Phi) is 3.71. The van der Waals surface area contributed by atoms with E-state index in [0.29, 0.717) is 17.9 Å². The normalized spacial score (nSPS) is 12.4. The number of ether oxygens (including phenoxy) is 1. The van der Waals surface area contributed by atoms with E-state index in [1.54, 1.807) is 11.5 Å². The van der Waals surface area contributed by atoms with Gasteiger partial charge in [-0.3, -0.25) is 0 Å². The second-order valence-electron chi connectivity index (χ2n) is 4.24. The summed E-state index contributed by atoms with van der Waals surface area (Å²) in [6.07, 6.45) is 0.494. The number of para-hydroxylation sites is 1. The summed E-state index contributed by atoms with van der Waals surface area (Å²) in [5.41, 5.74) is 1.79. The fourth-order valence-electron chi connectivity index (χ4n) is 2.29. The standard InChI is InChI=1S/C15H17NO3/c1-4-12(17)14-13(15(18)19-5-2)10-8-6-7-9-11(10)16(14)3/h4,6-9,12,17H,1,5H2,2-3H3. The zero-order valence-corrected chi connectivity index (χ0v) is 11.1. The lowest BCUT2D eigenvalue weighted by atomic mass is 10.1. The molecule has 0 aliphatic carbocycles. The molecule has 0 spiro atoms.